The average Bonchev–Trinajstić information content (AvgIpc) is 3.46. The maximum Gasteiger partial charge on any atom is 0.309 e. The molecular weight excluding hydrogens is 568 g/mol. The van der Waals surface area contributed by atoms with Gasteiger partial charge in [0.25, 0.3) is 5.56 Å². The average molecular weight is 607 g/mol. The minimum atomic E-state index is -3.68. The van der Waals surface area contributed by atoms with Crippen molar-refractivity contribution in [3.05, 3.63) is 46.4 Å². The summed E-state index contributed by atoms with van der Waals surface area (Å²) in [6.07, 6.45) is 7.57. The zero-order chi connectivity index (χ0) is 30.5. The van der Waals surface area contributed by atoms with Gasteiger partial charge in [-0.15, -0.1) is 0 Å². The third-order valence-electron chi connectivity index (χ3n) is 8.92. The van der Waals surface area contributed by atoms with Crippen molar-refractivity contribution in [3.8, 4) is 6.07 Å². The van der Waals surface area contributed by atoms with Crippen molar-refractivity contribution in [2.75, 3.05) is 5.32 Å². The highest BCUT2D eigenvalue weighted by molar-refractivity contribution is 7.89. The fourth-order valence-corrected chi connectivity index (χ4v) is 8.71. The summed E-state index contributed by atoms with van der Waals surface area (Å²) in [7, 11) is -3.68. The summed E-state index contributed by atoms with van der Waals surface area (Å²) < 4.78 is 36.0. The number of pyridine rings is 1. The number of nitrogens with one attached hydrogen (secondary N) is 2. The van der Waals surface area contributed by atoms with Crippen LogP contribution in [0.4, 0.5) is 11.5 Å². The van der Waals surface area contributed by atoms with Gasteiger partial charge in [-0.25, -0.2) is 8.42 Å². The number of carbonyl (C=O) groups is 1. The topological polar surface area (TPSA) is 150 Å². The number of benzene rings is 1. The molecule has 0 spiro atoms. The molecule has 2 N–H and O–H groups in total. The first kappa shape index (κ1) is 29.4. The van der Waals surface area contributed by atoms with E-state index in [1.54, 1.807) is 28.7 Å². The van der Waals surface area contributed by atoms with Gasteiger partial charge < -0.3 is 15.0 Å². The van der Waals surface area contributed by atoms with E-state index >= 15 is 0 Å². The first-order valence-corrected chi connectivity index (χ1v) is 16.5. The quantitative estimate of drug-likeness (QED) is 0.380. The molecule has 1 aromatic carbocycles. The second kappa shape index (κ2) is 11.1. The van der Waals surface area contributed by atoms with Crippen molar-refractivity contribution in [1.29, 1.82) is 5.26 Å². The van der Waals surface area contributed by atoms with Crippen LogP contribution in [-0.2, 0) is 26.1 Å². The summed E-state index contributed by atoms with van der Waals surface area (Å²) in [4.78, 5) is 28.5. The Morgan fingerprint density at radius 3 is 2.58 bits per heavy atom. The van der Waals surface area contributed by atoms with Crippen molar-refractivity contribution in [2.24, 2.45) is 11.8 Å². The number of nitrogens with zero attached hydrogens (tertiary/aromatic N) is 4. The van der Waals surface area contributed by atoms with Crippen LogP contribution in [0.3, 0.4) is 0 Å². The number of H-pyrrole nitrogens is 1. The summed E-state index contributed by atoms with van der Waals surface area (Å²) in [6, 6.07) is 9.03. The number of carbonyl (C=O) groups excluding carboxylic acids is 1. The van der Waals surface area contributed by atoms with Crippen molar-refractivity contribution in [2.45, 2.75) is 101 Å². The van der Waals surface area contributed by atoms with Gasteiger partial charge in [-0.1, -0.05) is 12.8 Å². The summed E-state index contributed by atoms with van der Waals surface area (Å²) >= 11 is 0. The summed E-state index contributed by atoms with van der Waals surface area (Å²) in [6.45, 7) is 5.79. The first-order chi connectivity index (χ1) is 20.5. The van der Waals surface area contributed by atoms with E-state index in [4.69, 9.17) is 9.84 Å². The fourth-order valence-electron chi connectivity index (χ4n) is 6.85. The van der Waals surface area contributed by atoms with Crippen LogP contribution in [0.5, 0.6) is 0 Å². The Kier molecular flexibility index (Phi) is 7.59. The second-order valence-corrected chi connectivity index (χ2v) is 14.8. The number of anilines is 2. The number of hydrogen-bond donors (Lipinski definition) is 2. The Bertz CT molecular complexity index is 1760. The molecule has 43 heavy (non-hydrogen) atoms. The standard InChI is InChI=1S/C31H38N6O5S/c1-31(2,3)42-30(39)19-8-11-23(12-9-19)36-18-21-16-22(10-13-26(21)43(36,40)41)34-28-27-25(14-15-33-29(27)38)37(35-28)24-7-5-4-6-20(24)17-32/h10,13-16,19-20,23-24H,4-9,11-12,18H2,1-3H3,(H,33,38)(H,34,35)/t19?,20-,23?,24+/m1/s1. The number of nitriles is 1. The highest BCUT2D eigenvalue weighted by Crippen LogP contribution is 2.40. The lowest BCUT2D eigenvalue weighted by atomic mass is 9.85. The van der Waals surface area contributed by atoms with Gasteiger partial charge in [-0.3, -0.25) is 14.3 Å². The van der Waals surface area contributed by atoms with Crippen LogP contribution in [0.1, 0.15) is 83.7 Å². The molecule has 11 nitrogen and oxygen atoms in total. The molecule has 12 heteroatoms. The minimum Gasteiger partial charge on any atom is -0.460 e. The molecule has 6 rings (SSSR count). The molecule has 0 saturated heterocycles. The Morgan fingerprint density at radius 2 is 1.86 bits per heavy atom. The zero-order valence-electron chi connectivity index (χ0n) is 24.8. The molecule has 3 aliphatic rings. The summed E-state index contributed by atoms with van der Waals surface area (Å²) in [5.74, 6) is -0.236. The second-order valence-electron chi connectivity index (χ2n) is 13.0. The lowest BCUT2D eigenvalue weighted by molar-refractivity contribution is -0.161. The van der Waals surface area contributed by atoms with E-state index in [0.29, 0.717) is 53.7 Å². The highest BCUT2D eigenvalue weighted by Gasteiger charge is 2.42. The van der Waals surface area contributed by atoms with Gasteiger partial charge in [0.2, 0.25) is 10.0 Å². The van der Waals surface area contributed by atoms with E-state index in [-0.39, 0.29) is 46.9 Å². The smallest absolute Gasteiger partial charge is 0.309 e. The van der Waals surface area contributed by atoms with E-state index in [1.165, 1.54) is 0 Å². The van der Waals surface area contributed by atoms with Gasteiger partial charge >= 0.3 is 5.97 Å². The Labute approximate surface area is 251 Å². The van der Waals surface area contributed by atoms with Gasteiger partial charge in [0.05, 0.1) is 34.4 Å². The molecular formula is C31H38N6O5S. The number of hydrogen-bond acceptors (Lipinski definition) is 8. The zero-order valence-corrected chi connectivity index (χ0v) is 25.6. The van der Waals surface area contributed by atoms with Crippen molar-refractivity contribution < 1.29 is 17.9 Å². The van der Waals surface area contributed by atoms with Gasteiger partial charge in [0.15, 0.2) is 5.82 Å². The minimum absolute atomic E-state index is 0.122. The molecule has 228 valence electrons. The Hall–Kier alpha value is -3.69. The van der Waals surface area contributed by atoms with Gasteiger partial charge in [-0.2, -0.15) is 14.7 Å². The molecule has 2 aliphatic carbocycles. The maximum atomic E-state index is 13.5. The lowest BCUT2D eigenvalue weighted by Gasteiger charge is -2.33. The van der Waals surface area contributed by atoms with E-state index in [0.717, 1.165) is 25.7 Å². The molecule has 2 fully saturated rings. The molecule has 2 aromatic heterocycles. The van der Waals surface area contributed by atoms with Crippen LogP contribution < -0.4 is 10.9 Å². The summed E-state index contributed by atoms with van der Waals surface area (Å²) in [5, 5.41) is 18.2. The number of sulfonamides is 1. The molecule has 0 radical (unpaired) electrons. The van der Waals surface area contributed by atoms with Gasteiger partial charge in [0.1, 0.15) is 11.0 Å². The number of aromatic nitrogens is 3. The highest BCUT2D eigenvalue weighted by atomic mass is 32.2. The molecule has 1 aliphatic heterocycles. The molecule has 0 unspecified atom stereocenters. The van der Waals surface area contributed by atoms with Crippen LogP contribution in [-0.4, -0.2) is 45.1 Å². The van der Waals surface area contributed by atoms with E-state index < -0.39 is 15.6 Å². The number of fused-ring (bicyclic) bond motifs is 2. The van der Waals surface area contributed by atoms with E-state index in [9.17, 15) is 23.3 Å². The lowest BCUT2D eigenvalue weighted by Crippen LogP contribution is -2.40. The SMILES string of the molecule is CC(C)(C)OC(=O)C1CCC(N2Cc3cc(Nc4nn([C@H]5CCCC[C@@H]5C#N)c5cc[nH]c(=O)c45)ccc3S2(=O)=O)CC1. The molecule has 0 amide bonds. The van der Waals surface area contributed by atoms with Crippen LogP contribution in [0.2, 0.25) is 0 Å². The van der Waals surface area contributed by atoms with E-state index in [2.05, 4.69) is 16.4 Å². The number of aromatic amines is 1. The Morgan fingerprint density at radius 1 is 1.12 bits per heavy atom. The van der Waals surface area contributed by atoms with Gasteiger partial charge in [0, 0.05) is 24.5 Å². The third-order valence-corrected chi connectivity index (χ3v) is 10.9. The normalized spacial score (nSPS) is 25.6. The summed E-state index contributed by atoms with van der Waals surface area (Å²) in [5.41, 5.74) is 1.13. The van der Waals surface area contributed by atoms with Gasteiger partial charge in [-0.05, 0) is 89.1 Å². The third kappa shape index (κ3) is 5.56. The van der Waals surface area contributed by atoms with Crippen molar-refractivity contribution in [1.82, 2.24) is 19.1 Å². The monoisotopic (exact) mass is 606 g/mol. The number of esters is 1. The maximum absolute atomic E-state index is 13.5. The fraction of sp³-hybridized carbons (Fsp3) is 0.548. The first-order valence-electron chi connectivity index (χ1n) is 15.1. The largest absolute Gasteiger partial charge is 0.460 e. The van der Waals surface area contributed by atoms with E-state index in [1.807, 2.05) is 31.5 Å². The molecule has 2 saturated carbocycles. The number of ether oxygens (including phenoxy) is 1. The predicted octanol–water partition coefficient (Wildman–Crippen LogP) is 5.13. The number of rotatable bonds is 5. The molecule has 3 aromatic rings. The Balaban J connectivity index is 1.22. The van der Waals surface area contributed by atoms with Crippen LogP contribution in [0.15, 0.2) is 40.2 Å². The molecule has 3 heterocycles. The van der Waals surface area contributed by atoms with Crippen molar-refractivity contribution >= 4 is 38.4 Å². The van der Waals surface area contributed by atoms with Crippen molar-refractivity contribution in [3.63, 3.8) is 0 Å². The predicted molar refractivity (Wildman–Crippen MR) is 161 cm³/mol. The van der Waals surface area contributed by atoms with Crippen LogP contribution in [0, 0.1) is 23.2 Å². The molecule has 2 atom stereocenters. The molecule has 0 bridgehead atoms. The van der Waals surface area contributed by atoms with Crippen LogP contribution in [0.25, 0.3) is 10.9 Å². The van der Waals surface area contributed by atoms with Crippen LogP contribution >= 0.6 is 0 Å².